The molecule has 0 amide bonds. The van der Waals surface area contributed by atoms with Crippen molar-refractivity contribution in [2.45, 2.75) is 83.3 Å². The maximum atomic E-state index is 10.7. The molecule has 8 atom stereocenters. The van der Waals surface area contributed by atoms with E-state index in [2.05, 4.69) is 12.8 Å². The maximum Gasteiger partial charge on any atom is 0.0608 e. The third-order valence-corrected chi connectivity index (χ3v) is 8.74. The van der Waals surface area contributed by atoms with Crippen molar-refractivity contribution in [2.75, 3.05) is 0 Å². The molecule has 2 N–H and O–H groups in total. The SMILES string of the molecule is C#CC[C@]12CC[C@H]3[C@@H](CC[C@H]4CC(O)CC[C@@]43C)[C@@H]1CC[C@@H]2O. The first-order chi connectivity index (χ1) is 11.0. The van der Waals surface area contributed by atoms with Crippen LogP contribution < -0.4 is 0 Å². The Kier molecular flexibility index (Phi) is 3.82. The minimum absolute atomic E-state index is 0.0211. The van der Waals surface area contributed by atoms with E-state index in [1.54, 1.807) is 0 Å². The molecule has 0 aromatic rings. The Hall–Kier alpha value is -0.520. The molecule has 4 saturated carbocycles. The van der Waals surface area contributed by atoms with Crippen LogP contribution in [0, 0.1) is 46.8 Å². The Morgan fingerprint density at radius 3 is 2.61 bits per heavy atom. The molecule has 4 fully saturated rings. The van der Waals surface area contributed by atoms with Crippen molar-refractivity contribution in [1.29, 1.82) is 0 Å². The summed E-state index contributed by atoms with van der Waals surface area (Å²) in [6, 6.07) is 0. The summed E-state index contributed by atoms with van der Waals surface area (Å²) in [7, 11) is 0. The molecule has 0 radical (unpaired) electrons. The summed E-state index contributed by atoms with van der Waals surface area (Å²) in [4.78, 5) is 0. The lowest BCUT2D eigenvalue weighted by Crippen LogP contribution is -2.55. The van der Waals surface area contributed by atoms with Crippen molar-refractivity contribution in [1.82, 2.24) is 0 Å². The summed E-state index contributed by atoms with van der Waals surface area (Å²) < 4.78 is 0. The second-order valence-corrected chi connectivity index (χ2v) is 9.33. The van der Waals surface area contributed by atoms with Gasteiger partial charge in [-0.05, 0) is 86.9 Å². The number of terminal acetylenes is 1. The van der Waals surface area contributed by atoms with Crippen molar-refractivity contribution < 1.29 is 10.2 Å². The average Bonchev–Trinajstić information content (AvgIpc) is 2.86. The van der Waals surface area contributed by atoms with Crippen LogP contribution in [-0.2, 0) is 0 Å². The van der Waals surface area contributed by atoms with Gasteiger partial charge in [-0.15, -0.1) is 12.3 Å². The van der Waals surface area contributed by atoms with E-state index in [0.717, 1.165) is 43.9 Å². The first kappa shape index (κ1) is 16.0. The molecule has 0 aromatic heterocycles. The van der Waals surface area contributed by atoms with Gasteiger partial charge in [0, 0.05) is 11.8 Å². The lowest BCUT2D eigenvalue weighted by molar-refractivity contribution is -0.137. The highest BCUT2D eigenvalue weighted by molar-refractivity contribution is 5.13. The van der Waals surface area contributed by atoms with Gasteiger partial charge in [-0.3, -0.25) is 0 Å². The van der Waals surface area contributed by atoms with Gasteiger partial charge in [0.05, 0.1) is 12.2 Å². The fraction of sp³-hybridized carbons (Fsp3) is 0.905. The number of rotatable bonds is 1. The molecule has 128 valence electrons. The third-order valence-electron chi connectivity index (χ3n) is 8.74. The van der Waals surface area contributed by atoms with Gasteiger partial charge in [0.15, 0.2) is 0 Å². The summed E-state index contributed by atoms with van der Waals surface area (Å²) in [5, 5.41) is 20.8. The molecule has 2 nitrogen and oxygen atoms in total. The van der Waals surface area contributed by atoms with Gasteiger partial charge < -0.3 is 10.2 Å². The van der Waals surface area contributed by atoms with Crippen molar-refractivity contribution in [3.63, 3.8) is 0 Å². The molecule has 4 aliphatic carbocycles. The van der Waals surface area contributed by atoms with E-state index in [9.17, 15) is 10.2 Å². The number of hydrogen-bond acceptors (Lipinski definition) is 2. The maximum absolute atomic E-state index is 10.7. The molecule has 23 heavy (non-hydrogen) atoms. The fourth-order valence-electron chi connectivity index (χ4n) is 7.55. The van der Waals surface area contributed by atoms with Gasteiger partial charge in [0.2, 0.25) is 0 Å². The number of aliphatic hydroxyl groups is 2. The second kappa shape index (κ2) is 5.50. The van der Waals surface area contributed by atoms with Crippen LogP contribution in [0.4, 0.5) is 0 Å². The molecule has 0 aliphatic heterocycles. The molecule has 1 unspecified atom stereocenters. The minimum atomic E-state index is -0.178. The quantitative estimate of drug-likeness (QED) is 0.723. The molecule has 0 saturated heterocycles. The standard InChI is InChI=1S/C21H32O2/c1-3-10-21-12-9-17-16(18(21)6-7-19(21)23)5-4-14-13-15(22)8-11-20(14,17)2/h1,14-19,22-23H,4-13H2,2H3/t14-,15?,16+,17-,18-,19-,20-,21-/m0/s1. The van der Waals surface area contributed by atoms with E-state index in [4.69, 9.17) is 6.42 Å². The smallest absolute Gasteiger partial charge is 0.0608 e. The van der Waals surface area contributed by atoms with E-state index in [0.29, 0.717) is 17.3 Å². The Balaban J connectivity index is 1.63. The molecular formula is C21H32O2. The van der Waals surface area contributed by atoms with Gasteiger partial charge in [0.25, 0.3) is 0 Å². The van der Waals surface area contributed by atoms with Crippen LogP contribution >= 0.6 is 0 Å². The number of hydrogen-bond donors (Lipinski definition) is 2. The molecule has 4 rings (SSSR count). The van der Waals surface area contributed by atoms with E-state index in [-0.39, 0.29) is 17.6 Å². The second-order valence-electron chi connectivity index (χ2n) is 9.33. The zero-order chi connectivity index (χ0) is 16.2. The van der Waals surface area contributed by atoms with Crippen molar-refractivity contribution >= 4 is 0 Å². The van der Waals surface area contributed by atoms with E-state index in [1.807, 2.05) is 0 Å². The van der Waals surface area contributed by atoms with Gasteiger partial charge >= 0.3 is 0 Å². The van der Waals surface area contributed by atoms with Crippen molar-refractivity contribution in [2.24, 2.45) is 34.5 Å². The summed E-state index contributed by atoms with van der Waals surface area (Å²) in [6.07, 6.45) is 16.5. The van der Waals surface area contributed by atoms with Crippen LogP contribution in [0.3, 0.4) is 0 Å². The first-order valence-electron chi connectivity index (χ1n) is 9.81. The van der Waals surface area contributed by atoms with Crippen LogP contribution in [-0.4, -0.2) is 22.4 Å². The minimum Gasteiger partial charge on any atom is -0.393 e. The molecule has 0 spiro atoms. The summed E-state index contributed by atoms with van der Waals surface area (Å²) in [5.41, 5.74) is 0.436. The topological polar surface area (TPSA) is 40.5 Å². The van der Waals surface area contributed by atoms with Crippen LogP contribution in [0.1, 0.15) is 71.1 Å². The highest BCUT2D eigenvalue weighted by Crippen LogP contribution is 2.67. The van der Waals surface area contributed by atoms with Crippen molar-refractivity contribution in [3.05, 3.63) is 0 Å². The predicted molar refractivity (Wildman–Crippen MR) is 91.5 cm³/mol. The summed E-state index contributed by atoms with van der Waals surface area (Å²) >= 11 is 0. The Bertz CT molecular complexity index is 508. The molecule has 0 heterocycles. The van der Waals surface area contributed by atoms with Crippen molar-refractivity contribution in [3.8, 4) is 12.3 Å². The van der Waals surface area contributed by atoms with Gasteiger partial charge in [-0.2, -0.15) is 0 Å². The Morgan fingerprint density at radius 1 is 1.00 bits per heavy atom. The van der Waals surface area contributed by atoms with Gasteiger partial charge in [0.1, 0.15) is 0 Å². The zero-order valence-electron chi connectivity index (χ0n) is 14.5. The van der Waals surface area contributed by atoms with Crippen LogP contribution in [0.15, 0.2) is 0 Å². The monoisotopic (exact) mass is 316 g/mol. The first-order valence-corrected chi connectivity index (χ1v) is 9.81. The van der Waals surface area contributed by atoms with Gasteiger partial charge in [-0.25, -0.2) is 0 Å². The molecule has 4 aliphatic rings. The highest BCUT2D eigenvalue weighted by Gasteiger charge is 2.61. The van der Waals surface area contributed by atoms with Crippen LogP contribution in [0.2, 0.25) is 0 Å². The fourth-order valence-corrected chi connectivity index (χ4v) is 7.55. The summed E-state index contributed by atoms with van der Waals surface area (Å²) in [6.45, 7) is 2.51. The van der Waals surface area contributed by atoms with E-state index < -0.39 is 0 Å². The molecular weight excluding hydrogens is 284 g/mol. The summed E-state index contributed by atoms with van der Waals surface area (Å²) in [5.74, 6) is 5.79. The Labute approximate surface area is 141 Å². The highest BCUT2D eigenvalue weighted by atomic mass is 16.3. The molecule has 0 aromatic carbocycles. The predicted octanol–water partition coefficient (Wildman–Crippen LogP) is 3.75. The largest absolute Gasteiger partial charge is 0.393 e. The Morgan fingerprint density at radius 2 is 1.83 bits per heavy atom. The zero-order valence-corrected chi connectivity index (χ0v) is 14.5. The van der Waals surface area contributed by atoms with E-state index in [1.165, 1.54) is 32.1 Å². The van der Waals surface area contributed by atoms with Crippen LogP contribution in [0.5, 0.6) is 0 Å². The van der Waals surface area contributed by atoms with E-state index >= 15 is 0 Å². The number of fused-ring (bicyclic) bond motifs is 5. The third kappa shape index (κ3) is 2.16. The normalized spacial score (nSPS) is 55.4. The number of aliphatic hydroxyl groups excluding tert-OH is 2. The van der Waals surface area contributed by atoms with Gasteiger partial charge in [-0.1, -0.05) is 6.92 Å². The lowest BCUT2D eigenvalue weighted by atomic mass is 9.44. The lowest BCUT2D eigenvalue weighted by Gasteiger charge is -2.61. The van der Waals surface area contributed by atoms with Crippen LogP contribution in [0.25, 0.3) is 0 Å². The molecule has 2 heteroatoms. The average molecular weight is 316 g/mol. The molecule has 0 bridgehead atoms.